The van der Waals surface area contributed by atoms with Crippen molar-refractivity contribution in [1.82, 2.24) is 21.3 Å². The molecule has 12 heteroatoms. The molecule has 208 valence electrons. The third kappa shape index (κ3) is 8.06. The minimum absolute atomic E-state index is 0.148. The van der Waals surface area contributed by atoms with Crippen molar-refractivity contribution in [1.29, 1.82) is 0 Å². The zero-order valence-electron chi connectivity index (χ0n) is 23.0. The number of likely N-dealkylation sites (N-methyl/N-ethyl adjacent to an activating group) is 1. The quantitative estimate of drug-likeness (QED) is 0.149. The summed E-state index contributed by atoms with van der Waals surface area (Å²) in [5.41, 5.74) is 8.38. The molecule has 0 fully saturated rings. The third-order valence-electron chi connectivity index (χ3n) is 6.29. The number of rotatable bonds is 12. The molecule has 0 saturated carbocycles. The van der Waals surface area contributed by atoms with Crippen LogP contribution in [0.5, 0.6) is 5.75 Å². The van der Waals surface area contributed by atoms with Gasteiger partial charge in [-0.05, 0) is 70.7 Å². The van der Waals surface area contributed by atoms with Crippen molar-refractivity contribution in [3.63, 3.8) is 0 Å². The van der Waals surface area contributed by atoms with Crippen molar-refractivity contribution >= 4 is 27.8 Å². The molecule has 1 atom stereocenters. The highest BCUT2D eigenvalue weighted by Gasteiger charge is 2.36. The lowest BCUT2D eigenvalue weighted by Crippen LogP contribution is -2.47. The normalized spacial score (nSPS) is 15.5. The standard InChI is InChI=1S/C25H42N6O5S/c1-8-27-12-13-28-23(33)20(30-18(5)32)10-9-11-29-24(26)31-37(34,35)22-16(3)15(2)21-19(17(22)4)14-25(6,7)36-21/h20,27H,8-14H2,1-7H3,(H,28,33)(H,30,32)(H3,26,29,31)/t20-/m0/s1. The first kappa shape index (κ1) is 30.4. The second-order valence-corrected chi connectivity index (χ2v) is 11.5. The number of carbonyl (C=O) groups is 2. The molecule has 1 aromatic rings. The SMILES string of the molecule is CCNCCNC(=O)[C@H](CCCN/C(N)=N/S(=O)(=O)c1c(C)c(C)c2c(c1C)CC(C)(C)O2)NC(C)=O. The minimum Gasteiger partial charge on any atom is -0.487 e. The van der Waals surface area contributed by atoms with Gasteiger partial charge in [0.25, 0.3) is 10.0 Å². The topological polar surface area (TPSA) is 164 Å². The molecule has 0 aliphatic carbocycles. The summed E-state index contributed by atoms with van der Waals surface area (Å²) in [4.78, 5) is 24.1. The average Bonchev–Trinajstić information content (AvgIpc) is 3.12. The molecule has 1 aromatic carbocycles. The Balaban J connectivity index is 2.06. The Labute approximate surface area is 220 Å². The molecular weight excluding hydrogens is 496 g/mol. The molecule has 0 saturated heterocycles. The summed E-state index contributed by atoms with van der Waals surface area (Å²) in [5, 5.41) is 11.3. The highest BCUT2D eigenvalue weighted by molar-refractivity contribution is 7.90. The van der Waals surface area contributed by atoms with Crippen molar-refractivity contribution in [3.05, 3.63) is 22.3 Å². The van der Waals surface area contributed by atoms with Crippen molar-refractivity contribution in [2.45, 2.75) is 84.3 Å². The second kappa shape index (κ2) is 12.6. The number of nitrogens with one attached hydrogen (secondary N) is 4. The number of guanidine groups is 1. The predicted octanol–water partition coefficient (Wildman–Crippen LogP) is 0.929. The number of amides is 2. The monoisotopic (exact) mass is 538 g/mol. The highest BCUT2D eigenvalue weighted by atomic mass is 32.2. The summed E-state index contributed by atoms with van der Waals surface area (Å²) in [6.45, 7) is 14.8. The highest BCUT2D eigenvalue weighted by Crippen LogP contribution is 2.44. The third-order valence-corrected chi connectivity index (χ3v) is 7.85. The van der Waals surface area contributed by atoms with Crippen molar-refractivity contribution < 1.29 is 22.7 Å². The molecule has 1 aliphatic rings. The fourth-order valence-electron chi connectivity index (χ4n) is 4.45. The van der Waals surface area contributed by atoms with Crippen LogP contribution in [0.1, 0.15) is 62.8 Å². The van der Waals surface area contributed by atoms with Crippen molar-refractivity contribution in [2.75, 3.05) is 26.2 Å². The van der Waals surface area contributed by atoms with Gasteiger partial charge in [0.2, 0.25) is 17.8 Å². The van der Waals surface area contributed by atoms with E-state index in [4.69, 9.17) is 10.5 Å². The van der Waals surface area contributed by atoms with Crippen LogP contribution in [0.3, 0.4) is 0 Å². The van der Waals surface area contributed by atoms with E-state index in [0.29, 0.717) is 43.5 Å². The van der Waals surface area contributed by atoms with Crippen LogP contribution in [0.15, 0.2) is 9.29 Å². The Morgan fingerprint density at radius 2 is 1.76 bits per heavy atom. The Morgan fingerprint density at radius 3 is 2.38 bits per heavy atom. The van der Waals surface area contributed by atoms with Gasteiger partial charge in [-0.2, -0.15) is 8.42 Å². The summed E-state index contributed by atoms with van der Waals surface area (Å²) in [6.07, 6.45) is 1.40. The second-order valence-electron chi connectivity index (χ2n) is 9.97. The number of nitrogens with two attached hydrogens (primary N) is 1. The van der Waals surface area contributed by atoms with E-state index < -0.39 is 21.7 Å². The van der Waals surface area contributed by atoms with Crippen LogP contribution in [0.25, 0.3) is 0 Å². The van der Waals surface area contributed by atoms with Gasteiger partial charge in [0.15, 0.2) is 0 Å². The van der Waals surface area contributed by atoms with E-state index in [2.05, 4.69) is 25.7 Å². The van der Waals surface area contributed by atoms with Gasteiger partial charge >= 0.3 is 0 Å². The number of ether oxygens (including phenoxy) is 1. The van der Waals surface area contributed by atoms with Crippen LogP contribution in [-0.2, 0) is 26.0 Å². The number of hydrogen-bond acceptors (Lipinski definition) is 6. The Kier molecular flexibility index (Phi) is 10.3. The predicted molar refractivity (Wildman–Crippen MR) is 144 cm³/mol. The van der Waals surface area contributed by atoms with Crippen LogP contribution < -0.4 is 31.7 Å². The molecule has 6 N–H and O–H groups in total. The van der Waals surface area contributed by atoms with Crippen molar-refractivity contribution in [2.24, 2.45) is 10.1 Å². The molecule has 0 bridgehead atoms. The van der Waals surface area contributed by atoms with E-state index in [1.54, 1.807) is 13.8 Å². The molecule has 0 unspecified atom stereocenters. The number of hydrogen-bond donors (Lipinski definition) is 5. The Morgan fingerprint density at radius 1 is 1.08 bits per heavy atom. The molecule has 1 heterocycles. The summed E-state index contributed by atoms with van der Waals surface area (Å²) in [7, 11) is -4.08. The van der Waals surface area contributed by atoms with E-state index in [0.717, 1.165) is 23.4 Å². The van der Waals surface area contributed by atoms with Crippen LogP contribution in [0.4, 0.5) is 0 Å². The maximum absolute atomic E-state index is 13.2. The van der Waals surface area contributed by atoms with Gasteiger partial charge in [0, 0.05) is 38.5 Å². The lowest BCUT2D eigenvalue weighted by Gasteiger charge is -2.18. The van der Waals surface area contributed by atoms with Gasteiger partial charge in [-0.15, -0.1) is 4.40 Å². The lowest BCUT2D eigenvalue weighted by molar-refractivity contribution is -0.128. The van der Waals surface area contributed by atoms with Gasteiger partial charge in [-0.1, -0.05) is 6.92 Å². The minimum atomic E-state index is -4.08. The summed E-state index contributed by atoms with van der Waals surface area (Å²) < 4.78 is 36.4. The summed E-state index contributed by atoms with van der Waals surface area (Å²) >= 11 is 0. The van der Waals surface area contributed by atoms with Gasteiger partial charge in [-0.25, -0.2) is 0 Å². The molecule has 0 aromatic heterocycles. The summed E-state index contributed by atoms with van der Waals surface area (Å²) in [6, 6.07) is -0.700. The average molecular weight is 539 g/mol. The molecule has 2 rings (SSSR count). The van der Waals surface area contributed by atoms with Gasteiger partial charge in [0.1, 0.15) is 17.4 Å². The van der Waals surface area contributed by atoms with Crippen LogP contribution in [0, 0.1) is 20.8 Å². The van der Waals surface area contributed by atoms with E-state index in [9.17, 15) is 18.0 Å². The first-order chi connectivity index (χ1) is 17.2. The first-order valence-corrected chi connectivity index (χ1v) is 14.1. The molecule has 11 nitrogen and oxygen atoms in total. The van der Waals surface area contributed by atoms with Crippen molar-refractivity contribution in [3.8, 4) is 5.75 Å². The summed E-state index contributed by atoms with van der Waals surface area (Å²) in [5.74, 6) is -0.0772. The molecule has 0 spiro atoms. The fourth-order valence-corrected chi connectivity index (χ4v) is 5.91. The van der Waals surface area contributed by atoms with Crippen LogP contribution in [-0.4, -0.2) is 64.0 Å². The zero-order valence-corrected chi connectivity index (χ0v) is 23.8. The fraction of sp³-hybridized carbons (Fsp3) is 0.640. The number of fused-ring (bicyclic) bond motifs is 1. The maximum Gasteiger partial charge on any atom is 0.286 e. The smallest absolute Gasteiger partial charge is 0.286 e. The van der Waals surface area contributed by atoms with Crippen LogP contribution in [0.2, 0.25) is 0 Å². The van der Waals surface area contributed by atoms with Gasteiger partial charge in [0.05, 0.1) is 4.90 Å². The molecule has 2 amide bonds. The zero-order chi connectivity index (χ0) is 28.0. The number of nitrogens with zero attached hydrogens (tertiary/aromatic N) is 1. The number of carbonyl (C=O) groups excluding carboxylic acids is 2. The first-order valence-electron chi connectivity index (χ1n) is 12.6. The number of sulfonamides is 1. The largest absolute Gasteiger partial charge is 0.487 e. The van der Waals surface area contributed by atoms with E-state index in [1.165, 1.54) is 6.92 Å². The van der Waals surface area contributed by atoms with Crippen LogP contribution >= 0.6 is 0 Å². The number of benzene rings is 1. The van der Waals surface area contributed by atoms with E-state index in [1.807, 2.05) is 27.7 Å². The lowest BCUT2D eigenvalue weighted by atomic mass is 9.94. The Bertz CT molecular complexity index is 1150. The molecule has 37 heavy (non-hydrogen) atoms. The van der Waals surface area contributed by atoms with Gasteiger partial charge in [-0.3, -0.25) is 9.59 Å². The molecule has 1 aliphatic heterocycles. The molecule has 0 radical (unpaired) electrons. The van der Waals surface area contributed by atoms with Gasteiger partial charge < -0.3 is 31.7 Å². The van der Waals surface area contributed by atoms with E-state index in [-0.39, 0.29) is 29.2 Å². The Hall–Kier alpha value is -2.86. The van der Waals surface area contributed by atoms with E-state index >= 15 is 0 Å². The maximum atomic E-state index is 13.2. The molecular formula is C25H42N6O5S.